The summed E-state index contributed by atoms with van der Waals surface area (Å²) in [5.41, 5.74) is 0.431. The lowest BCUT2D eigenvalue weighted by molar-refractivity contribution is -0.146. The van der Waals surface area contributed by atoms with Gasteiger partial charge in [-0.2, -0.15) is 4.72 Å². The Morgan fingerprint density at radius 1 is 1.00 bits per heavy atom. The Hall–Kier alpha value is -2.53. The largest absolute Gasteiger partial charge is 0.486 e. The smallest absolute Gasteiger partial charge is 0.321 e. The van der Waals surface area contributed by atoms with E-state index in [1.54, 1.807) is 18.2 Å². The number of amides is 1. The maximum atomic E-state index is 12.2. The summed E-state index contributed by atoms with van der Waals surface area (Å²) in [6.07, 6.45) is 0. The Morgan fingerprint density at radius 3 is 2.47 bits per heavy atom. The van der Waals surface area contributed by atoms with Crippen LogP contribution in [0.5, 0.6) is 11.5 Å². The number of sulfonamides is 1. The van der Waals surface area contributed by atoms with Crippen LogP contribution in [0.4, 0.5) is 5.69 Å². The molecule has 2 aromatic rings. The van der Waals surface area contributed by atoms with Crippen LogP contribution in [0.3, 0.4) is 0 Å². The van der Waals surface area contributed by atoms with E-state index in [1.165, 1.54) is 12.1 Å². The van der Waals surface area contributed by atoms with E-state index in [0.717, 1.165) is 6.07 Å². The maximum Gasteiger partial charge on any atom is 0.321 e. The predicted molar refractivity (Wildman–Crippen MR) is 109 cm³/mol. The third kappa shape index (κ3) is 5.76. The summed E-state index contributed by atoms with van der Waals surface area (Å²) >= 11 is 11.5. The number of nitrogens with one attached hydrogen (secondary N) is 2. The van der Waals surface area contributed by atoms with Gasteiger partial charge >= 0.3 is 5.97 Å². The number of fused-ring (bicyclic) bond motifs is 1. The van der Waals surface area contributed by atoms with Gasteiger partial charge in [0.15, 0.2) is 18.1 Å². The van der Waals surface area contributed by atoms with E-state index >= 15 is 0 Å². The fraction of sp³-hybridized carbons (Fsp3) is 0.222. The van der Waals surface area contributed by atoms with Gasteiger partial charge in [0, 0.05) is 11.8 Å². The van der Waals surface area contributed by atoms with Crippen LogP contribution in [0.1, 0.15) is 0 Å². The van der Waals surface area contributed by atoms with Crippen LogP contribution in [0.25, 0.3) is 0 Å². The van der Waals surface area contributed by atoms with Crippen molar-refractivity contribution in [2.24, 2.45) is 0 Å². The first-order valence-corrected chi connectivity index (χ1v) is 10.8. The number of benzene rings is 2. The second-order valence-corrected chi connectivity index (χ2v) is 8.55. The van der Waals surface area contributed by atoms with Crippen LogP contribution in [-0.4, -0.2) is 46.7 Å². The molecule has 30 heavy (non-hydrogen) atoms. The lowest BCUT2D eigenvalue weighted by Gasteiger charge is -2.19. The minimum atomic E-state index is -4.01. The fourth-order valence-electron chi connectivity index (χ4n) is 2.40. The first kappa shape index (κ1) is 22.2. The molecule has 2 N–H and O–H groups in total. The molecule has 0 fully saturated rings. The van der Waals surface area contributed by atoms with Gasteiger partial charge in [0.05, 0.1) is 14.9 Å². The summed E-state index contributed by atoms with van der Waals surface area (Å²) in [4.78, 5) is 23.6. The predicted octanol–water partition coefficient (Wildman–Crippen LogP) is 2.22. The number of rotatable bonds is 7. The van der Waals surface area contributed by atoms with Crippen molar-refractivity contribution >= 4 is 50.8 Å². The van der Waals surface area contributed by atoms with Crippen molar-refractivity contribution in [3.05, 3.63) is 46.4 Å². The topological polar surface area (TPSA) is 120 Å². The Kier molecular flexibility index (Phi) is 7.03. The summed E-state index contributed by atoms with van der Waals surface area (Å²) in [5, 5.41) is 2.79. The molecule has 12 heteroatoms. The zero-order chi connectivity index (χ0) is 21.7. The molecule has 9 nitrogen and oxygen atoms in total. The Bertz CT molecular complexity index is 1080. The molecule has 0 radical (unpaired) electrons. The van der Waals surface area contributed by atoms with E-state index in [-0.39, 0.29) is 14.9 Å². The summed E-state index contributed by atoms with van der Waals surface area (Å²) < 4.78 is 42.0. The van der Waals surface area contributed by atoms with E-state index < -0.39 is 35.1 Å². The third-order valence-corrected chi connectivity index (χ3v) is 5.94. The van der Waals surface area contributed by atoms with Crippen molar-refractivity contribution in [3.8, 4) is 11.5 Å². The van der Waals surface area contributed by atoms with Crippen molar-refractivity contribution in [3.63, 3.8) is 0 Å². The molecule has 1 aliphatic rings. The lowest BCUT2D eigenvalue weighted by atomic mass is 10.2. The highest BCUT2D eigenvalue weighted by Gasteiger charge is 2.18. The highest BCUT2D eigenvalue weighted by molar-refractivity contribution is 7.89. The number of ether oxygens (including phenoxy) is 3. The van der Waals surface area contributed by atoms with Crippen LogP contribution in [0, 0.1) is 0 Å². The Labute approximate surface area is 182 Å². The second kappa shape index (κ2) is 9.52. The highest BCUT2D eigenvalue weighted by Crippen LogP contribution is 2.32. The molecule has 2 aromatic carbocycles. The van der Waals surface area contributed by atoms with Gasteiger partial charge < -0.3 is 19.5 Å². The van der Waals surface area contributed by atoms with E-state index in [1.807, 2.05) is 0 Å². The molecule has 160 valence electrons. The molecule has 0 aliphatic carbocycles. The number of carbonyl (C=O) groups excluding carboxylic acids is 2. The molecule has 0 unspecified atom stereocenters. The molecular weight excluding hydrogens is 459 g/mol. The Morgan fingerprint density at radius 2 is 1.73 bits per heavy atom. The average Bonchev–Trinajstić information content (AvgIpc) is 2.72. The van der Waals surface area contributed by atoms with Gasteiger partial charge in [-0.3, -0.25) is 9.59 Å². The monoisotopic (exact) mass is 474 g/mol. The minimum absolute atomic E-state index is 0.0536. The molecule has 0 atom stereocenters. The molecular formula is C18H16Cl2N2O7S. The van der Waals surface area contributed by atoms with Crippen molar-refractivity contribution < 1.29 is 32.2 Å². The zero-order valence-electron chi connectivity index (χ0n) is 15.3. The average molecular weight is 475 g/mol. The van der Waals surface area contributed by atoms with Gasteiger partial charge in [-0.25, -0.2) is 8.42 Å². The van der Waals surface area contributed by atoms with Crippen LogP contribution in [0.15, 0.2) is 41.3 Å². The summed E-state index contributed by atoms with van der Waals surface area (Å²) in [7, 11) is -4.01. The van der Waals surface area contributed by atoms with E-state index in [0.29, 0.717) is 30.4 Å². The zero-order valence-corrected chi connectivity index (χ0v) is 17.6. The highest BCUT2D eigenvalue weighted by atomic mass is 35.5. The van der Waals surface area contributed by atoms with Crippen molar-refractivity contribution in [1.82, 2.24) is 4.72 Å². The van der Waals surface area contributed by atoms with Crippen LogP contribution in [-0.2, 0) is 24.3 Å². The normalized spacial score (nSPS) is 12.9. The van der Waals surface area contributed by atoms with E-state index in [9.17, 15) is 18.0 Å². The number of esters is 1. The second-order valence-electron chi connectivity index (χ2n) is 5.97. The quantitative estimate of drug-likeness (QED) is 0.590. The van der Waals surface area contributed by atoms with Crippen LogP contribution in [0.2, 0.25) is 10.0 Å². The number of halogens is 2. The van der Waals surface area contributed by atoms with E-state index in [2.05, 4.69) is 10.0 Å². The summed E-state index contributed by atoms with van der Waals surface area (Å²) in [5.74, 6) is -0.476. The number of anilines is 1. The molecule has 1 aliphatic heterocycles. The van der Waals surface area contributed by atoms with E-state index in [4.69, 9.17) is 37.4 Å². The van der Waals surface area contributed by atoms with Gasteiger partial charge in [0.2, 0.25) is 10.0 Å². The van der Waals surface area contributed by atoms with Crippen molar-refractivity contribution in [2.75, 3.05) is 31.7 Å². The van der Waals surface area contributed by atoms with Gasteiger partial charge in [0.25, 0.3) is 5.91 Å². The van der Waals surface area contributed by atoms with Gasteiger partial charge in [-0.1, -0.05) is 23.2 Å². The van der Waals surface area contributed by atoms with Gasteiger partial charge in [-0.15, -0.1) is 0 Å². The lowest BCUT2D eigenvalue weighted by Crippen LogP contribution is -2.32. The van der Waals surface area contributed by atoms with Crippen molar-refractivity contribution in [2.45, 2.75) is 4.90 Å². The fourth-order valence-corrected chi connectivity index (χ4v) is 3.75. The maximum absolute atomic E-state index is 12.2. The molecule has 1 amide bonds. The number of hydrogen-bond acceptors (Lipinski definition) is 7. The molecule has 0 spiro atoms. The first-order chi connectivity index (χ1) is 14.2. The Balaban J connectivity index is 1.47. The summed E-state index contributed by atoms with van der Waals surface area (Å²) in [6.45, 7) is -0.411. The standard InChI is InChI=1S/C18H16Cl2N2O7S/c19-13-3-2-12(8-14(13)20)30(25,26)21-9-18(24)29-10-17(23)22-11-1-4-15-16(7-11)28-6-5-27-15/h1-4,7-8,21H,5-6,9-10H2,(H,22,23). The van der Waals surface area contributed by atoms with Crippen LogP contribution >= 0.6 is 23.2 Å². The van der Waals surface area contributed by atoms with Gasteiger partial charge in [0.1, 0.15) is 19.8 Å². The third-order valence-electron chi connectivity index (χ3n) is 3.80. The molecule has 0 aromatic heterocycles. The molecule has 0 saturated carbocycles. The molecule has 1 heterocycles. The number of carbonyl (C=O) groups is 2. The summed E-state index contributed by atoms with van der Waals surface area (Å²) in [6, 6.07) is 8.55. The molecule has 0 bridgehead atoms. The van der Waals surface area contributed by atoms with Gasteiger partial charge in [-0.05, 0) is 30.3 Å². The molecule has 3 rings (SSSR count). The minimum Gasteiger partial charge on any atom is -0.486 e. The molecule has 0 saturated heterocycles. The van der Waals surface area contributed by atoms with Crippen molar-refractivity contribution in [1.29, 1.82) is 0 Å². The number of hydrogen-bond donors (Lipinski definition) is 2. The van der Waals surface area contributed by atoms with Crippen LogP contribution < -0.4 is 19.5 Å². The first-order valence-electron chi connectivity index (χ1n) is 8.54. The SMILES string of the molecule is O=C(COC(=O)CNS(=O)(=O)c1ccc(Cl)c(Cl)c1)Nc1ccc2c(c1)OCCO2.